The number of nitrogens with zero attached hydrogens (tertiary/aromatic N) is 2. The first-order chi connectivity index (χ1) is 25.1. The Kier molecular flexibility index (Phi) is 11.1. The van der Waals surface area contributed by atoms with Crippen LogP contribution in [0, 0.1) is 17.8 Å². The second-order valence-corrected chi connectivity index (χ2v) is 16.9. The van der Waals surface area contributed by atoms with E-state index in [2.05, 4.69) is 20.3 Å². The van der Waals surface area contributed by atoms with Gasteiger partial charge >= 0.3 is 6.09 Å². The highest BCUT2D eigenvalue weighted by atomic mass is 35.5. The summed E-state index contributed by atoms with van der Waals surface area (Å²) in [5.41, 5.74) is -1.61. The smallest absolute Gasteiger partial charge is 0.405 e. The van der Waals surface area contributed by atoms with Crippen LogP contribution in [0.1, 0.15) is 58.8 Å². The molecule has 0 unspecified atom stereocenters. The molecule has 4 N–H and O–H groups in total. The van der Waals surface area contributed by atoms with Crippen molar-refractivity contribution in [1.82, 2.24) is 25.2 Å². The van der Waals surface area contributed by atoms with Gasteiger partial charge in [-0.25, -0.2) is 22.0 Å². The van der Waals surface area contributed by atoms with Crippen molar-refractivity contribution in [3.63, 3.8) is 0 Å². The molecule has 4 aliphatic rings. The number of rotatable bonds is 9. The first-order valence-corrected chi connectivity index (χ1v) is 19.5. The largest absolute Gasteiger partial charge is 0.472 e. The monoisotopic (exact) mass is 781 g/mol. The number of pyridine rings is 1. The van der Waals surface area contributed by atoms with E-state index >= 15 is 0 Å². The number of hydrogen-bond acceptors (Lipinski definition) is 9. The predicted octanol–water partition coefficient (Wildman–Crippen LogP) is 4.01. The van der Waals surface area contributed by atoms with Crippen LogP contribution in [0.4, 0.5) is 13.6 Å². The number of aromatic nitrogens is 1. The topological polar surface area (TPSA) is 193 Å². The highest BCUT2D eigenvalue weighted by Gasteiger charge is 2.62. The van der Waals surface area contributed by atoms with Crippen molar-refractivity contribution >= 4 is 56.2 Å². The highest BCUT2D eigenvalue weighted by molar-refractivity contribution is 7.91. The van der Waals surface area contributed by atoms with E-state index in [-0.39, 0.29) is 42.1 Å². The van der Waals surface area contributed by atoms with Crippen LogP contribution < -0.4 is 24.8 Å². The number of hydrogen-bond donors (Lipinski definition) is 4. The number of carboxylic acid groups (broad SMARTS) is 1. The molecule has 4 amide bonds. The van der Waals surface area contributed by atoms with Crippen LogP contribution in [0.5, 0.6) is 11.8 Å². The lowest BCUT2D eigenvalue weighted by Gasteiger charge is -2.32. The molecule has 0 bridgehead atoms. The third-order valence-electron chi connectivity index (χ3n) is 10.3. The first kappa shape index (κ1) is 38.5. The molecular weight excluding hydrogens is 740 g/mol. The zero-order valence-electron chi connectivity index (χ0n) is 29.1. The fraction of sp³-hybridized carbons (Fsp3) is 0.571. The van der Waals surface area contributed by atoms with Crippen molar-refractivity contribution in [3.8, 4) is 11.8 Å². The van der Waals surface area contributed by atoms with Crippen LogP contribution in [0.25, 0.3) is 10.8 Å². The van der Waals surface area contributed by atoms with E-state index < -0.39 is 87.7 Å². The Morgan fingerprint density at radius 3 is 2.62 bits per heavy atom. The second-order valence-electron chi connectivity index (χ2n) is 14.5. The van der Waals surface area contributed by atoms with Crippen molar-refractivity contribution < 1.29 is 51.0 Å². The fourth-order valence-corrected chi connectivity index (χ4v) is 8.88. The van der Waals surface area contributed by atoms with Crippen LogP contribution >= 0.6 is 11.6 Å². The number of fused-ring (bicyclic) bond motifs is 3. The van der Waals surface area contributed by atoms with Gasteiger partial charge in [0.25, 0.3) is 12.3 Å². The molecule has 288 valence electrons. The van der Waals surface area contributed by atoms with E-state index in [9.17, 15) is 41.5 Å². The minimum atomic E-state index is -3.96. The lowest BCUT2D eigenvalue weighted by Crippen LogP contribution is -2.59. The Morgan fingerprint density at radius 2 is 1.92 bits per heavy atom. The maximum absolute atomic E-state index is 14.4. The lowest BCUT2D eigenvalue weighted by molar-refractivity contribution is -0.142. The third-order valence-corrected chi connectivity index (χ3v) is 12.4. The summed E-state index contributed by atoms with van der Waals surface area (Å²) in [4.78, 5) is 59.8. The molecule has 7 atom stereocenters. The molecule has 2 saturated carbocycles. The minimum Gasteiger partial charge on any atom is -0.472 e. The standard InChI is InChI=1S/C35H42ClF2N5O9S/c1-18-6-3-4-7-20-15-35(20,33(46)42-53(49,50)22-10-11-22)41-30(44)26-13-21(16-43(26)32(45)29(19(2)12-18)40-34(47)48)52-31-23-8-5-9-25(36)24(23)14-28(39-31)51-17-27(37)38/h4-5,7-9,14,18-22,26-27,29,40H,3,6,10-13,15-17H2,1-2H3,(H,41,44)(H,42,46)(H,47,48)/b7-4-/t18-,19-,20-,21-,26+,29+,35-/m1/s1. The van der Waals surface area contributed by atoms with E-state index in [1.165, 1.54) is 11.0 Å². The number of carbonyl (C=O) groups is 4. The number of amides is 4. The summed E-state index contributed by atoms with van der Waals surface area (Å²) in [7, 11) is -3.96. The van der Waals surface area contributed by atoms with Gasteiger partial charge in [-0.1, -0.05) is 43.7 Å². The van der Waals surface area contributed by atoms with Crippen molar-refractivity contribution in [2.75, 3.05) is 13.2 Å². The fourth-order valence-electron chi connectivity index (χ4n) is 7.29. The van der Waals surface area contributed by atoms with Gasteiger partial charge in [0.15, 0.2) is 6.61 Å². The molecule has 0 spiro atoms. The van der Waals surface area contributed by atoms with Gasteiger partial charge in [-0.05, 0) is 62.5 Å². The number of benzene rings is 1. The van der Waals surface area contributed by atoms with E-state index in [0.29, 0.717) is 42.9 Å². The van der Waals surface area contributed by atoms with Gasteiger partial charge < -0.3 is 30.1 Å². The number of alkyl halides is 2. The quantitative estimate of drug-likeness (QED) is 0.270. The second kappa shape index (κ2) is 15.2. The summed E-state index contributed by atoms with van der Waals surface area (Å²) in [6.07, 6.45) is 1.12. The van der Waals surface area contributed by atoms with Gasteiger partial charge in [0, 0.05) is 34.2 Å². The molecule has 14 nitrogen and oxygen atoms in total. The van der Waals surface area contributed by atoms with Crippen LogP contribution in [0.3, 0.4) is 0 Å². The Labute approximate surface area is 310 Å². The van der Waals surface area contributed by atoms with Gasteiger partial charge in [-0.15, -0.1) is 0 Å². The molecule has 1 saturated heterocycles. The molecule has 3 fully saturated rings. The Bertz CT molecular complexity index is 1920. The number of carbonyl (C=O) groups excluding carboxylic acids is 3. The molecule has 2 aliphatic heterocycles. The van der Waals surface area contributed by atoms with E-state index in [0.717, 1.165) is 0 Å². The summed E-state index contributed by atoms with van der Waals surface area (Å²) >= 11 is 6.42. The van der Waals surface area contributed by atoms with E-state index in [4.69, 9.17) is 21.1 Å². The van der Waals surface area contributed by atoms with Gasteiger partial charge in [0.05, 0.1) is 11.8 Å². The summed E-state index contributed by atoms with van der Waals surface area (Å²) < 4.78 is 65.2. The zero-order valence-corrected chi connectivity index (χ0v) is 30.7. The molecule has 1 aromatic carbocycles. The highest BCUT2D eigenvalue weighted by Crippen LogP contribution is 2.46. The van der Waals surface area contributed by atoms with Crippen molar-refractivity contribution in [1.29, 1.82) is 0 Å². The van der Waals surface area contributed by atoms with Crippen LogP contribution in [0.15, 0.2) is 36.4 Å². The number of ether oxygens (including phenoxy) is 2. The average molecular weight is 782 g/mol. The van der Waals surface area contributed by atoms with Gasteiger partial charge in [-0.2, -0.15) is 4.98 Å². The molecule has 18 heteroatoms. The zero-order chi connectivity index (χ0) is 38.2. The molecule has 1 aromatic heterocycles. The van der Waals surface area contributed by atoms with Crippen molar-refractivity contribution in [3.05, 3.63) is 41.4 Å². The number of sulfonamides is 1. The number of allylic oxidation sites excluding steroid dienone is 1. The summed E-state index contributed by atoms with van der Waals surface area (Å²) in [5, 5.41) is 15.2. The molecule has 6 rings (SSSR count). The summed E-state index contributed by atoms with van der Waals surface area (Å²) in [5.74, 6) is -3.53. The molecule has 3 heterocycles. The van der Waals surface area contributed by atoms with Gasteiger partial charge in [0.1, 0.15) is 23.7 Å². The number of halogens is 3. The SMILES string of the molecule is C[C@@H]1CC/C=C\[C@@H]2C[C@@]2(C(=O)NS(=O)(=O)C2CC2)NC(=O)[C@@H]2C[C@@H](Oc3nc(OCC(F)F)cc4c(Cl)cccc34)CN2C(=O)[C@@H](NC(=O)O)[C@H](C)C1. The molecular formula is C35H42ClF2N5O9S. The maximum atomic E-state index is 14.4. The van der Waals surface area contributed by atoms with Gasteiger partial charge in [0.2, 0.25) is 33.6 Å². The summed E-state index contributed by atoms with van der Waals surface area (Å²) in [6, 6.07) is 3.71. The Morgan fingerprint density at radius 1 is 1.17 bits per heavy atom. The summed E-state index contributed by atoms with van der Waals surface area (Å²) in [6.45, 7) is 2.57. The van der Waals surface area contributed by atoms with Crippen molar-refractivity contribution in [2.24, 2.45) is 17.8 Å². The molecule has 0 radical (unpaired) electrons. The van der Waals surface area contributed by atoms with E-state index in [1.807, 2.05) is 13.0 Å². The molecule has 2 aromatic rings. The first-order valence-electron chi connectivity index (χ1n) is 17.6. The normalized spacial score (nSPS) is 30.0. The third kappa shape index (κ3) is 8.61. The van der Waals surface area contributed by atoms with Crippen LogP contribution in [-0.2, 0) is 24.4 Å². The Balaban J connectivity index is 1.35. The van der Waals surface area contributed by atoms with E-state index in [1.54, 1.807) is 31.2 Å². The lowest BCUT2D eigenvalue weighted by atomic mass is 9.88. The maximum Gasteiger partial charge on any atom is 0.405 e. The average Bonchev–Trinajstić information content (AvgIpc) is 4.01. The van der Waals surface area contributed by atoms with Gasteiger partial charge in [-0.3, -0.25) is 19.1 Å². The van der Waals surface area contributed by atoms with Crippen molar-refractivity contribution in [2.45, 2.75) is 94.2 Å². The predicted molar refractivity (Wildman–Crippen MR) is 188 cm³/mol. The minimum absolute atomic E-state index is 0.0641. The molecule has 53 heavy (non-hydrogen) atoms. The van der Waals surface area contributed by atoms with Crippen LogP contribution in [0.2, 0.25) is 5.02 Å². The van der Waals surface area contributed by atoms with Crippen LogP contribution in [-0.4, -0.2) is 95.8 Å². The number of nitrogens with one attached hydrogen (secondary N) is 3. The Hall–Kier alpha value is -4.25. The molecule has 2 aliphatic carbocycles.